The maximum absolute atomic E-state index is 4.60. The summed E-state index contributed by atoms with van der Waals surface area (Å²) < 4.78 is 2.04. The van der Waals surface area contributed by atoms with Crippen LogP contribution in [0, 0.1) is 0 Å². The Morgan fingerprint density at radius 2 is 2.05 bits per heavy atom. The summed E-state index contributed by atoms with van der Waals surface area (Å²) in [5.74, 6) is 0.910. The highest BCUT2D eigenvalue weighted by molar-refractivity contribution is 7.99. The van der Waals surface area contributed by atoms with Gasteiger partial charge in [0.1, 0.15) is 5.65 Å². The molecule has 0 aliphatic heterocycles. The zero-order valence-electron chi connectivity index (χ0n) is 11.7. The molecule has 0 fully saturated rings. The average molecular weight is 295 g/mol. The topological polar surface area (TPSA) is 29.3 Å². The molecule has 0 saturated heterocycles. The molecule has 3 rings (SSSR count). The number of rotatable bonds is 6. The van der Waals surface area contributed by atoms with Gasteiger partial charge in [-0.3, -0.25) is 0 Å². The Labute approximate surface area is 128 Å². The quantitative estimate of drug-likeness (QED) is 0.545. The molecule has 0 saturated carbocycles. The van der Waals surface area contributed by atoms with Gasteiger partial charge in [0.25, 0.3) is 0 Å². The number of nitrogens with zero attached hydrogens (tertiary/aromatic N) is 2. The summed E-state index contributed by atoms with van der Waals surface area (Å²) in [5, 5.41) is 3.47. The van der Waals surface area contributed by atoms with Gasteiger partial charge in [0.15, 0.2) is 0 Å². The van der Waals surface area contributed by atoms with Crippen molar-refractivity contribution in [1.29, 1.82) is 0 Å². The number of imidazole rings is 1. The minimum atomic E-state index is 0.716. The Balaban J connectivity index is 1.73. The Kier molecular flexibility index (Phi) is 4.26. The Bertz CT molecular complexity index is 715. The third kappa shape index (κ3) is 3.28. The first-order chi connectivity index (χ1) is 10.4. The van der Waals surface area contributed by atoms with Crippen LogP contribution in [0.5, 0.6) is 0 Å². The van der Waals surface area contributed by atoms with Crippen LogP contribution in [-0.2, 0) is 6.54 Å². The molecule has 2 heterocycles. The average Bonchev–Trinajstić information content (AvgIpc) is 2.94. The molecular formula is C17H17N3S. The highest BCUT2D eigenvalue weighted by atomic mass is 32.2. The van der Waals surface area contributed by atoms with Crippen molar-refractivity contribution in [2.45, 2.75) is 11.4 Å². The van der Waals surface area contributed by atoms with Gasteiger partial charge in [0, 0.05) is 28.7 Å². The molecule has 106 valence electrons. The second-order valence-electron chi connectivity index (χ2n) is 4.65. The van der Waals surface area contributed by atoms with E-state index in [-0.39, 0.29) is 0 Å². The molecule has 0 amide bonds. The van der Waals surface area contributed by atoms with Gasteiger partial charge >= 0.3 is 0 Å². The summed E-state index contributed by atoms with van der Waals surface area (Å²) in [6.45, 7) is 4.48. The van der Waals surface area contributed by atoms with Gasteiger partial charge in [0.2, 0.25) is 0 Å². The van der Waals surface area contributed by atoms with E-state index in [9.17, 15) is 0 Å². The van der Waals surface area contributed by atoms with Crippen LogP contribution in [0.2, 0.25) is 0 Å². The number of anilines is 1. The highest BCUT2D eigenvalue weighted by Gasteiger charge is 2.04. The number of aromatic nitrogens is 2. The lowest BCUT2D eigenvalue weighted by atomic mass is 10.3. The second kappa shape index (κ2) is 6.50. The standard InChI is InChI=1S/C17H17N3S/c1-2-11-21-16-8-4-3-7-15(16)18-12-14-13-20-10-6-5-9-17(20)19-14/h2-10,13,18H,1,11-12H2. The van der Waals surface area contributed by atoms with Crippen molar-refractivity contribution in [2.24, 2.45) is 0 Å². The van der Waals surface area contributed by atoms with Gasteiger partial charge in [-0.2, -0.15) is 0 Å². The minimum absolute atomic E-state index is 0.716. The lowest BCUT2D eigenvalue weighted by Gasteiger charge is -2.09. The predicted molar refractivity (Wildman–Crippen MR) is 89.9 cm³/mol. The Morgan fingerprint density at radius 1 is 1.19 bits per heavy atom. The zero-order chi connectivity index (χ0) is 14.5. The van der Waals surface area contributed by atoms with E-state index in [0.717, 1.165) is 22.8 Å². The van der Waals surface area contributed by atoms with E-state index >= 15 is 0 Å². The first-order valence-electron chi connectivity index (χ1n) is 6.86. The number of thioether (sulfide) groups is 1. The van der Waals surface area contributed by atoms with Gasteiger partial charge in [-0.1, -0.05) is 24.3 Å². The summed E-state index contributed by atoms with van der Waals surface area (Å²) >= 11 is 1.78. The predicted octanol–water partition coefficient (Wildman–Crippen LogP) is 4.22. The van der Waals surface area contributed by atoms with E-state index in [1.807, 2.05) is 40.9 Å². The van der Waals surface area contributed by atoms with Crippen molar-refractivity contribution in [3.8, 4) is 0 Å². The number of hydrogen-bond donors (Lipinski definition) is 1. The maximum Gasteiger partial charge on any atom is 0.137 e. The normalized spacial score (nSPS) is 10.7. The number of nitrogens with one attached hydrogen (secondary N) is 1. The van der Waals surface area contributed by atoms with E-state index in [1.165, 1.54) is 4.90 Å². The maximum atomic E-state index is 4.60. The van der Waals surface area contributed by atoms with E-state index in [0.29, 0.717) is 6.54 Å². The van der Waals surface area contributed by atoms with Crippen LogP contribution in [0.25, 0.3) is 5.65 Å². The number of fused-ring (bicyclic) bond motifs is 1. The molecule has 0 atom stereocenters. The van der Waals surface area contributed by atoms with Gasteiger partial charge in [0.05, 0.1) is 12.2 Å². The van der Waals surface area contributed by atoms with E-state index in [1.54, 1.807) is 11.8 Å². The zero-order valence-corrected chi connectivity index (χ0v) is 12.5. The van der Waals surface area contributed by atoms with Crippen LogP contribution in [0.3, 0.4) is 0 Å². The van der Waals surface area contributed by atoms with Gasteiger partial charge in [-0.05, 0) is 24.3 Å². The lowest BCUT2D eigenvalue weighted by Crippen LogP contribution is -2.00. The van der Waals surface area contributed by atoms with Crippen molar-refractivity contribution >= 4 is 23.1 Å². The van der Waals surface area contributed by atoms with Crippen LogP contribution in [-0.4, -0.2) is 15.1 Å². The number of pyridine rings is 1. The largest absolute Gasteiger partial charge is 0.378 e. The molecule has 0 aliphatic rings. The first kappa shape index (κ1) is 13.8. The summed E-state index contributed by atoms with van der Waals surface area (Å²) in [5.41, 5.74) is 3.15. The molecule has 1 N–H and O–H groups in total. The molecule has 4 heteroatoms. The third-order valence-electron chi connectivity index (χ3n) is 3.12. The summed E-state index contributed by atoms with van der Waals surface area (Å²) in [6.07, 6.45) is 5.99. The molecule has 0 bridgehead atoms. The van der Waals surface area contributed by atoms with Crippen molar-refractivity contribution in [3.05, 3.63) is 73.2 Å². The number of para-hydroxylation sites is 1. The molecule has 0 radical (unpaired) electrons. The van der Waals surface area contributed by atoms with Crippen LogP contribution in [0.1, 0.15) is 5.69 Å². The third-order valence-corrected chi connectivity index (χ3v) is 4.19. The van der Waals surface area contributed by atoms with E-state index < -0.39 is 0 Å². The smallest absolute Gasteiger partial charge is 0.137 e. The molecule has 2 aromatic heterocycles. The van der Waals surface area contributed by atoms with Gasteiger partial charge < -0.3 is 9.72 Å². The Morgan fingerprint density at radius 3 is 2.90 bits per heavy atom. The van der Waals surface area contributed by atoms with Crippen molar-refractivity contribution < 1.29 is 0 Å². The van der Waals surface area contributed by atoms with Crippen molar-refractivity contribution in [3.63, 3.8) is 0 Å². The molecule has 0 unspecified atom stereocenters. The molecule has 3 nitrogen and oxygen atoms in total. The van der Waals surface area contributed by atoms with Gasteiger partial charge in [-0.25, -0.2) is 4.98 Å². The fraction of sp³-hybridized carbons (Fsp3) is 0.118. The van der Waals surface area contributed by atoms with Crippen molar-refractivity contribution in [2.75, 3.05) is 11.1 Å². The van der Waals surface area contributed by atoms with Crippen LogP contribution >= 0.6 is 11.8 Å². The molecule has 0 spiro atoms. The number of benzene rings is 1. The first-order valence-corrected chi connectivity index (χ1v) is 7.84. The molecule has 0 aliphatic carbocycles. The SMILES string of the molecule is C=CCSc1ccccc1NCc1cn2ccccc2n1. The lowest BCUT2D eigenvalue weighted by molar-refractivity contribution is 1.07. The summed E-state index contributed by atoms with van der Waals surface area (Å²) in [4.78, 5) is 5.83. The van der Waals surface area contributed by atoms with Crippen LogP contribution < -0.4 is 5.32 Å². The summed E-state index contributed by atoms with van der Waals surface area (Å²) in [6, 6.07) is 14.3. The second-order valence-corrected chi connectivity index (χ2v) is 5.71. The highest BCUT2D eigenvalue weighted by Crippen LogP contribution is 2.27. The minimum Gasteiger partial charge on any atom is -0.378 e. The fourth-order valence-electron chi connectivity index (χ4n) is 2.15. The fourth-order valence-corrected chi connectivity index (χ4v) is 2.91. The van der Waals surface area contributed by atoms with Crippen molar-refractivity contribution in [1.82, 2.24) is 9.38 Å². The number of hydrogen-bond acceptors (Lipinski definition) is 3. The molecule has 1 aromatic carbocycles. The molecular weight excluding hydrogens is 278 g/mol. The van der Waals surface area contributed by atoms with Crippen LogP contribution in [0.4, 0.5) is 5.69 Å². The van der Waals surface area contributed by atoms with Crippen LogP contribution in [0.15, 0.2) is 72.4 Å². The van der Waals surface area contributed by atoms with E-state index in [2.05, 4.69) is 41.3 Å². The monoisotopic (exact) mass is 295 g/mol. The Hall–Kier alpha value is -2.20. The summed E-state index contributed by atoms with van der Waals surface area (Å²) in [7, 11) is 0. The van der Waals surface area contributed by atoms with Gasteiger partial charge in [-0.15, -0.1) is 18.3 Å². The molecule has 21 heavy (non-hydrogen) atoms. The molecule has 3 aromatic rings. The van der Waals surface area contributed by atoms with E-state index in [4.69, 9.17) is 0 Å².